The third-order valence-electron chi connectivity index (χ3n) is 2.24. The van der Waals surface area contributed by atoms with E-state index in [4.69, 9.17) is 29.6 Å². The van der Waals surface area contributed by atoms with Gasteiger partial charge in [0.2, 0.25) is 0 Å². The van der Waals surface area contributed by atoms with E-state index in [2.05, 4.69) is 10.6 Å². The summed E-state index contributed by atoms with van der Waals surface area (Å²) >= 11 is 10.5. The van der Waals surface area contributed by atoms with E-state index in [0.29, 0.717) is 22.2 Å². The van der Waals surface area contributed by atoms with E-state index in [1.807, 2.05) is 0 Å². The van der Waals surface area contributed by atoms with Crippen molar-refractivity contribution < 1.29 is 4.79 Å². The molecule has 4 nitrogen and oxygen atoms in total. The first kappa shape index (κ1) is 14.7. The van der Waals surface area contributed by atoms with Crippen molar-refractivity contribution in [3.05, 3.63) is 29.3 Å². The minimum absolute atomic E-state index is 0.229. The van der Waals surface area contributed by atoms with E-state index in [1.165, 1.54) is 0 Å². The number of hydrogen-bond acceptors (Lipinski definition) is 2. The molecule has 0 bridgehead atoms. The standard InChI is InChI=1S/C12H16ClN3OS/c13-9-4-6-10(7-5-9)16-12(17)15-8-2-1-3-11(14)18/h4-7H,1-3,8H2,(H2,14,18)(H2,15,16,17). The van der Waals surface area contributed by atoms with Gasteiger partial charge in [0.15, 0.2) is 0 Å². The molecule has 0 radical (unpaired) electrons. The lowest BCUT2D eigenvalue weighted by atomic mass is 10.2. The van der Waals surface area contributed by atoms with E-state index in [0.717, 1.165) is 19.3 Å². The summed E-state index contributed by atoms with van der Waals surface area (Å²) in [6.07, 6.45) is 2.46. The highest BCUT2D eigenvalue weighted by Crippen LogP contribution is 2.12. The van der Waals surface area contributed by atoms with Gasteiger partial charge in [-0.1, -0.05) is 23.8 Å². The maximum atomic E-state index is 11.5. The largest absolute Gasteiger partial charge is 0.393 e. The number of hydrogen-bond donors (Lipinski definition) is 3. The van der Waals surface area contributed by atoms with Crippen LogP contribution in [0.1, 0.15) is 19.3 Å². The minimum Gasteiger partial charge on any atom is -0.393 e. The number of halogens is 1. The predicted molar refractivity (Wildman–Crippen MR) is 79.1 cm³/mol. The van der Waals surface area contributed by atoms with Crippen molar-refractivity contribution >= 4 is 40.5 Å². The van der Waals surface area contributed by atoms with E-state index < -0.39 is 0 Å². The number of carbonyl (C=O) groups excluding carboxylic acids is 1. The van der Waals surface area contributed by atoms with Crippen LogP contribution in [0.25, 0.3) is 0 Å². The highest BCUT2D eigenvalue weighted by atomic mass is 35.5. The van der Waals surface area contributed by atoms with Crippen molar-refractivity contribution in [3.8, 4) is 0 Å². The van der Waals surface area contributed by atoms with Gasteiger partial charge >= 0.3 is 6.03 Å². The zero-order valence-corrected chi connectivity index (χ0v) is 11.5. The summed E-state index contributed by atoms with van der Waals surface area (Å²) in [5.41, 5.74) is 6.08. The van der Waals surface area contributed by atoms with Gasteiger partial charge in [-0.2, -0.15) is 0 Å². The van der Waals surface area contributed by atoms with Crippen molar-refractivity contribution in [2.45, 2.75) is 19.3 Å². The van der Waals surface area contributed by atoms with Gasteiger partial charge in [0.05, 0.1) is 4.99 Å². The maximum absolute atomic E-state index is 11.5. The van der Waals surface area contributed by atoms with Crippen LogP contribution in [0.3, 0.4) is 0 Å². The van der Waals surface area contributed by atoms with Crippen LogP contribution in [-0.2, 0) is 0 Å². The predicted octanol–water partition coefficient (Wildman–Crippen LogP) is 2.92. The Morgan fingerprint density at radius 3 is 2.56 bits per heavy atom. The van der Waals surface area contributed by atoms with Crippen molar-refractivity contribution in [1.82, 2.24) is 5.32 Å². The van der Waals surface area contributed by atoms with Gasteiger partial charge in [0, 0.05) is 17.3 Å². The number of nitrogens with one attached hydrogen (secondary N) is 2. The summed E-state index contributed by atoms with van der Waals surface area (Å²) < 4.78 is 0. The van der Waals surface area contributed by atoms with Crippen LogP contribution in [0.4, 0.5) is 10.5 Å². The molecule has 1 aromatic carbocycles. The van der Waals surface area contributed by atoms with Gasteiger partial charge in [-0.05, 0) is 43.5 Å². The molecule has 0 fully saturated rings. The molecular formula is C12H16ClN3OS. The quantitative estimate of drug-likeness (QED) is 0.556. The fourth-order valence-electron chi connectivity index (χ4n) is 1.33. The molecule has 0 spiro atoms. The molecule has 0 saturated heterocycles. The number of unbranched alkanes of at least 4 members (excludes halogenated alkanes) is 1. The Labute approximate surface area is 117 Å². The van der Waals surface area contributed by atoms with Gasteiger partial charge in [0.25, 0.3) is 0 Å². The first-order chi connectivity index (χ1) is 8.58. The Morgan fingerprint density at radius 1 is 1.28 bits per heavy atom. The van der Waals surface area contributed by atoms with E-state index in [9.17, 15) is 4.79 Å². The van der Waals surface area contributed by atoms with Crippen LogP contribution in [0, 0.1) is 0 Å². The SMILES string of the molecule is NC(=S)CCCCNC(=O)Nc1ccc(Cl)cc1. The molecule has 98 valence electrons. The molecule has 18 heavy (non-hydrogen) atoms. The molecule has 0 aliphatic carbocycles. The molecule has 0 atom stereocenters. The van der Waals surface area contributed by atoms with Crippen LogP contribution in [0.2, 0.25) is 5.02 Å². The lowest BCUT2D eigenvalue weighted by Gasteiger charge is -2.07. The first-order valence-corrected chi connectivity index (χ1v) is 6.45. The Balaban J connectivity index is 2.17. The minimum atomic E-state index is -0.229. The average molecular weight is 286 g/mol. The van der Waals surface area contributed by atoms with Crippen molar-refractivity contribution in [2.24, 2.45) is 5.73 Å². The summed E-state index contributed by atoms with van der Waals surface area (Å²) in [5, 5.41) is 6.10. The smallest absolute Gasteiger partial charge is 0.319 e. The lowest BCUT2D eigenvalue weighted by molar-refractivity contribution is 0.252. The molecule has 0 aliphatic heterocycles. The molecular weight excluding hydrogens is 270 g/mol. The fraction of sp³-hybridized carbons (Fsp3) is 0.333. The summed E-state index contributed by atoms with van der Waals surface area (Å²) in [7, 11) is 0. The molecule has 0 aliphatic rings. The molecule has 6 heteroatoms. The fourth-order valence-corrected chi connectivity index (χ4v) is 1.60. The van der Waals surface area contributed by atoms with E-state index in [-0.39, 0.29) is 6.03 Å². The summed E-state index contributed by atoms with van der Waals surface area (Å²) in [4.78, 5) is 12.0. The van der Waals surface area contributed by atoms with Crippen molar-refractivity contribution in [1.29, 1.82) is 0 Å². The Bertz CT molecular complexity index is 408. The molecule has 0 aromatic heterocycles. The van der Waals surface area contributed by atoms with Crippen LogP contribution in [0.15, 0.2) is 24.3 Å². The molecule has 4 N–H and O–H groups in total. The van der Waals surface area contributed by atoms with E-state index >= 15 is 0 Å². The highest BCUT2D eigenvalue weighted by Gasteiger charge is 2.00. The maximum Gasteiger partial charge on any atom is 0.319 e. The molecule has 0 heterocycles. The van der Waals surface area contributed by atoms with Crippen LogP contribution in [-0.4, -0.2) is 17.6 Å². The number of amides is 2. The second-order valence-corrected chi connectivity index (χ2v) is 4.77. The summed E-state index contributed by atoms with van der Waals surface area (Å²) in [6.45, 7) is 0.599. The molecule has 0 saturated carbocycles. The molecule has 1 rings (SSSR count). The van der Waals surface area contributed by atoms with Crippen molar-refractivity contribution in [2.75, 3.05) is 11.9 Å². The number of rotatable bonds is 6. The van der Waals surface area contributed by atoms with Crippen molar-refractivity contribution in [3.63, 3.8) is 0 Å². The van der Waals surface area contributed by atoms with Gasteiger partial charge in [-0.25, -0.2) is 4.79 Å². The third-order valence-corrected chi connectivity index (χ3v) is 2.69. The Kier molecular flexibility index (Phi) is 6.46. The van der Waals surface area contributed by atoms with Gasteiger partial charge in [-0.15, -0.1) is 0 Å². The second kappa shape index (κ2) is 7.89. The number of benzene rings is 1. The van der Waals surface area contributed by atoms with Gasteiger partial charge < -0.3 is 16.4 Å². The summed E-state index contributed by atoms with van der Waals surface area (Å²) in [5.74, 6) is 0. The normalized spacial score (nSPS) is 9.83. The average Bonchev–Trinajstić information content (AvgIpc) is 2.31. The number of urea groups is 1. The van der Waals surface area contributed by atoms with Crippen LogP contribution < -0.4 is 16.4 Å². The number of thiocarbonyl (C=S) groups is 1. The number of anilines is 1. The van der Waals surface area contributed by atoms with Crippen LogP contribution in [0.5, 0.6) is 0 Å². The topological polar surface area (TPSA) is 67.1 Å². The first-order valence-electron chi connectivity index (χ1n) is 5.66. The number of carbonyl (C=O) groups is 1. The van der Waals surface area contributed by atoms with Gasteiger partial charge in [-0.3, -0.25) is 0 Å². The zero-order valence-electron chi connectivity index (χ0n) is 9.91. The number of nitrogens with two attached hydrogens (primary N) is 1. The molecule has 2 amide bonds. The lowest BCUT2D eigenvalue weighted by Crippen LogP contribution is -2.29. The molecule has 0 unspecified atom stereocenters. The monoisotopic (exact) mass is 285 g/mol. The third kappa shape index (κ3) is 6.42. The van der Waals surface area contributed by atoms with Crippen LogP contribution >= 0.6 is 23.8 Å². The molecule has 1 aromatic rings. The second-order valence-electron chi connectivity index (χ2n) is 3.81. The Morgan fingerprint density at radius 2 is 1.94 bits per heavy atom. The zero-order chi connectivity index (χ0) is 13.4. The Hall–Kier alpha value is -1.33. The highest BCUT2D eigenvalue weighted by molar-refractivity contribution is 7.80. The van der Waals surface area contributed by atoms with E-state index in [1.54, 1.807) is 24.3 Å². The summed E-state index contributed by atoms with van der Waals surface area (Å²) in [6, 6.07) is 6.70. The van der Waals surface area contributed by atoms with Gasteiger partial charge in [0.1, 0.15) is 0 Å².